The molecule has 25 heavy (non-hydrogen) atoms. The van der Waals surface area contributed by atoms with Crippen LogP contribution in [-0.2, 0) is 12.0 Å². The van der Waals surface area contributed by atoms with Gasteiger partial charge in [-0.1, -0.05) is 20.8 Å². The van der Waals surface area contributed by atoms with Gasteiger partial charge in [-0.15, -0.1) is 11.3 Å². The minimum absolute atomic E-state index is 0.00437. The van der Waals surface area contributed by atoms with Gasteiger partial charge in [0.1, 0.15) is 5.69 Å². The van der Waals surface area contributed by atoms with Crippen molar-refractivity contribution in [1.29, 1.82) is 0 Å². The quantitative estimate of drug-likeness (QED) is 0.844. The molecule has 2 aromatic heterocycles. The molecule has 1 saturated heterocycles. The van der Waals surface area contributed by atoms with Crippen LogP contribution in [0.4, 0.5) is 0 Å². The molecular weight excluding hydrogens is 336 g/mol. The largest absolute Gasteiger partial charge is 0.337 e. The summed E-state index contributed by atoms with van der Waals surface area (Å²) in [6, 6.07) is 3.42. The first-order chi connectivity index (χ1) is 11.8. The molecule has 0 spiro atoms. The molecule has 1 amide bonds. The monoisotopic (exact) mass is 360 g/mol. The molecular formula is C18H24N4O2S. The van der Waals surface area contributed by atoms with E-state index in [0.717, 1.165) is 18.5 Å². The lowest BCUT2D eigenvalue weighted by Gasteiger charge is -2.31. The smallest absolute Gasteiger partial charge is 0.273 e. The van der Waals surface area contributed by atoms with E-state index in [1.165, 1.54) is 11.3 Å². The van der Waals surface area contributed by atoms with Crippen molar-refractivity contribution in [1.82, 2.24) is 19.7 Å². The minimum atomic E-state index is -0.0846. The topological polar surface area (TPSA) is 68.1 Å². The third kappa shape index (κ3) is 4.15. The van der Waals surface area contributed by atoms with E-state index in [9.17, 15) is 9.59 Å². The van der Waals surface area contributed by atoms with Crippen molar-refractivity contribution in [2.24, 2.45) is 5.92 Å². The summed E-state index contributed by atoms with van der Waals surface area (Å²) in [6.45, 7) is 8.29. The molecule has 2 aromatic rings. The van der Waals surface area contributed by atoms with Crippen LogP contribution in [0, 0.1) is 5.92 Å². The standard InChI is InChI=1S/C18H24N4O2S/c1-18(2,3)15-4-5-16(23)22(20-15)10-13-6-8-21(9-7-13)17(24)14-11-25-12-19-14/h4-5,11-13H,6-10H2,1-3H3. The summed E-state index contributed by atoms with van der Waals surface area (Å²) in [5.41, 5.74) is 2.98. The lowest BCUT2D eigenvalue weighted by atomic mass is 9.92. The molecule has 7 heteroatoms. The molecule has 1 fully saturated rings. The van der Waals surface area contributed by atoms with Crippen LogP contribution in [0.15, 0.2) is 27.8 Å². The first-order valence-corrected chi connectivity index (χ1v) is 9.55. The van der Waals surface area contributed by atoms with Gasteiger partial charge >= 0.3 is 0 Å². The van der Waals surface area contributed by atoms with Crippen LogP contribution >= 0.6 is 11.3 Å². The normalized spacial score (nSPS) is 16.2. The van der Waals surface area contributed by atoms with Crippen molar-refractivity contribution in [3.63, 3.8) is 0 Å². The summed E-state index contributed by atoms with van der Waals surface area (Å²) in [5, 5.41) is 6.34. The van der Waals surface area contributed by atoms with E-state index >= 15 is 0 Å². The fraction of sp³-hybridized carbons (Fsp3) is 0.556. The van der Waals surface area contributed by atoms with Crippen LogP contribution in [0.25, 0.3) is 0 Å². The van der Waals surface area contributed by atoms with E-state index in [1.54, 1.807) is 21.6 Å². The van der Waals surface area contributed by atoms with Gasteiger partial charge in [-0.25, -0.2) is 9.67 Å². The number of carbonyl (C=O) groups is 1. The van der Waals surface area contributed by atoms with Crippen molar-refractivity contribution in [2.75, 3.05) is 13.1 Å². The molecule has 0 saturated carbocycles. The fourth-order valence-corrected chi connectivity index (χ4v) is 3.55. The summed E-state index contributed by atoms with van der Waals surface area (Å²) < 4.78 is 1.59. The molecule has 6 nitrogen and oxygen atoms in total. The van der Waals surface area contributed by atoms with Crippen LogP contribution in [-0.4, -0.2) is 38.7 Å². The second-order valence-corrected chi connectivity index (χ2v) is 8.32. The van der Waals surface area contributed by atoms with Gasteiger partial charge < -0.3 is 4.90 Å². The van der Waals surface area contributed by atoms with Crippen LogP contribution in [0.1, 0.15) is 49.8 Å². The number of amides is 1. The maximum Gasteiger partial charge on any atom is 0.273 e. The second kappa shape index (κ2) is 7.07. The number of carbonyl (C=O) groups excluding carboxylic acids is 1. The van der Waals surface area contributed by atoms with E-state index in [4.69, 9.17) is 0 Å². The lowest BCUT2D eigenvalue weighted by molar-refractivity contribution is 0.0675. The zero-order valence-corrected chi connectivity index (χ0v) is 15.8. The molecule has 0 bridgehead atoms. The maximum atomic E-state index is 12.3. The average molecular weight is 360 g/mol. The highest BCUT2D eigenvalue weighted by atomic mass is 32.1. The summed E-state index contributed by atoms with van der Waals surface area (Å²) in [7, 11) is 0. The van der Waals surface area contributed by atoms with Gasteiger partial charge in [0.25, 0.3) is 11.5 Å². The third-order valence-electron chi connectivity index (χ3n) is 4.62. The molecule has 1 aliphatic rings. The second-order valence-electron chi connectivity index (χ2n) is 7.60. The van der Waals surface area contributed by atoms with E-state index in [1.807, 2.05) is 11.0 Å². The van der Waals surface area contributed by atoms with E-state index < -0.39 is 0 Å². The molecule has 134 valence electrons. The molecule has 0 radical (unpaired) electrons. The first-order valence-electron chi connectivity index (χ1n) is 8.61. The Morgan fingerprint density at radius 3 is 2.60 bits per heavy atom. The lowest BCUT2D eigenvalue weighted by Crippen LogP contribution is -2.40. The summed E-state index contributed by atoms with van der Waals surface area (Å²) in [5.74, 6) is 0.365. The molecule has 0 aliphatic carbocycles. The molecule has 0 N–H and O–H groups in total. The Bertz CT molecular complexity index is 784. The van der Waals surface area contributed by atoms with Crippen LogP contribution in [0.5, 0.6) is 0 Å². The van der Waals surface area contributed by atoms with Gasteiger partial charge in [0.05, 0.1) is 11.2 Å². The van der Waals surface area contributed by atoms with E-state index in [2.05, 4.69) is 30.9 Å². The van der Waals surface area contributed by atoms with E-state index in [0.29, 0.717) is 31.2 Å². The van der Waals surface area contributed by atoms with Gasteiger partial charge in [-0.05, 0) is 24.8 Å². The Morgan fingerprint density at radius 1 is 1.28 bits per heavy atom. The number of likely N-dealkylation sites (tertiary alicyclic amines) is 1. The number of hydrogen-bond donors (Lipinski definition) is 0. The Hall–Kier alpha value is -2.02. The molecule has 0 aromatic carbocycles. The molecule has 0 atom stereocenters. The Labute approximate surface area is 151 Å². The Balaban J connectivity index is 1.63. The third-order valence-corrected chi connectivity index (χ3v) is 5.21. The van der Waals surface area contributed by atoms with Crippen molar-refractivity contribution >= 4 is 17.2 Å². The number of aromatic nitrogens is 3. The van der Waals surface area contributed by atoms with Gasteiger partial charge in [0.15, 0.2) is 0 Å². The van der Waals surface area contributed by atoms with Crippen LogP contribution in [0.3, 0.4) is 0 Å². The maximum absolute atomic E-state index is 12.3. The predicted molar refractivity (Wildman–Crippen MR) is 97.9 cm³/mol. The van der Waals surface area contributed by atoms with Gasteiger partial charge in [0.2, 0.25) is 0 Å². The number of nitrogens with zero attached hydrogens (tertiary/aromatic N) is 4. The number of rotatable bonds is 3. The SMILES string of the molecule is CC(C)(C)c1ccc(=O)n(CC2CCN(C(=O)c3cscn3)CC2)n1. The first kappa shape index (κ1) is 17.8. The van der Waals surface area contributed by atoms with Crippen molar-refractivity contribution in [2.45, 2.75) is 45.6 Å². The highest BCUT2D eigenvalue weighted by Crippen LogP contribution is 2.21. The zero-order chi connectivity index (χ0) is 18.0. The van der Waals surface area contributed by atoms with Crippen LogP contribution < -0.4 is 5.56 Å². The average Bonchev–Trinajstić information content (AvgIpc) is 3.10. The number of thiazole rings is 1. The van der Waals surface area contributed by atoms with Crippen LogP contribution in [0.2, 0.25) is 0 Å². The highest BCUT2D eigenvalue weighted by Gasteiger charge is 2.25. The Morgan fingerprint density at radius 2 is 2.00 bits per heavy atom. The Kier molecular flexibility index (Phi) is 5.03. The molecule has 3 heterocycles. The molecule has 1 aliphatic heterocycles. The predicted octanol–water partition coefficient (Wildman–Crippen LogP) is 2.55. The fourth-order valence-electron chi connectivity index (χ4n) is 3.02. The van der Waals surface area contributed by atoms with Gasteiger partial charge in [-0.2, -0.15) is 5.10 Å². The number of piperidine rings is 1. The molecule has 3 rings (SSSR count). The summed E-state index contributed by atoms with van der Waals surface area (Å²) >= 11 is 1.43. The summed E-state index contributed by atoms with van der Waals surface area (Å²) in [4.78, 5) is 30.4. The van der Waals surface area contributed by atoms with E-state index in [-0.39, 0.29) is 16.9 Å². The van der Waals surface area contributed by atoms with Gasteiger partial charge in [-0.3, -0.25) is 9.59 Å². The van der Waals surface area contributed by atoms with Crippen molar-refractivity contribution in [3.05, 3.63) is 44.8 Å². The zero-order valence-electron chi connectivity index (χ0n) is 14.9. The summed E-state index contributed by atoms with van der Waals surface area (Å²) in [6.07, 6.45) is 1.76. The van der Waals surface area contributed by atoms with Crippen molar-refractivity contribution in [3.8, 4) is 0 Å². The number of hydrogen-bond acceptors (Lipinski definition) is 5. The highest BCUT2D eigenvalue weighted by molar-refractivity contribution is 7.07. The minimum Gasteiger partial charge on any atom is -0.337 e. The molecule has 0 unspecified atom stereocenters. The van der Waals surface area contributed by atoms with Crippen molar-refractivity contribution < 1.29 is 4.79 Å². The van der Waals surface area contributed by atoms with Gasteiger partial charge in [0, 0.05) is 36.5 Å².